The number of carboxylic acid groups (broad SMARTS) is 1. The van der Waals surface area contributed by atoms with Crippen LogP contribution in [0.15, 0.2) is 30.3 Å². The van der Waals surface area contributed by atoms with E-state index >= 15 is 0 Å². The Hall–Kier alpha value is -2.30. The minimum atomic E-state index is -0.779. The van der Waals surface area contributed by atoms with E-state index in [1.54, 1.807) is 0 Å². The highest BCUT2D eigenvalue weighted by atomic mass is 16.5. The molecule has 1 atom stereocenters. The Labute approximate surface area is 123 Å². The number of carboxylic acids is 1. The molecule has 0 amide bonds. The Bertz CT molecular complexity index is 649. The molecule has 0 saturated heterocycles. The summed E-state index contributed by atoms with van der Waals surface area (Å²) in [6, 6.07) is 9.64. The fourth-order valence-electron chi connectivity index (χ4n) is 2.84. The molecule has 1 heterocycles. The maximum Gasteiger partial charge on any atom is 0.312 e. The van der Waals surface area contributed by atoms with Gasteiger partial charge in [0.15, 0.2) is 0 Å². The van der Waals surface area contributed by atoms with Crippen LogP contribution in [0.5, 0.6) is 5.75 Å². The van der Waals surface area contributed by atoms with Crippen molar-refractivity contribution in [3.8, 4) is 5.75 Å². The van der Waals surface area contributed by atoms with Crippen molar-refractivity contribution in [3.05, 3.63) is 47.5 Å². The number of carbonyl (C=O) groups is 1. The van der Waals surface area contributed by atoms with E-state index in [0.29, 0.717) is 19.4 Å². The van der Waals surface area contributed by atoms with Crippen molar-refractivity contribution in [1.82, 2.24) is 9.55 Å². The first-order chi connectivity index (χ1) is 10.2. The second-order valence-electron chi connectivity index (χ2n) is 5.26. The first-order valence-electron chi connectivity index (χ1n) is 7.12. The number of imidazole rings is 1. The number of hydrogen-bond donors (Lipinski definition) is 1. The zero-order valence-electron chi connectivity index (χ0n) is 12.0. The molecule has 5 nitrogen and oxygen atoms in total. The Morgan fingerprint density at radius 3 is 2.90 bits per heavy atom. The van der Waals surface area contributed by atoms with Crippen LogP contribution >= 0.6 is 0 Å². The number of hydrogen-bond acceptors (Lipinski definition) is 3. The van der Waals surface area contributed by atoms with E-state index in [0.717, 1.165) is 29.4 Å². The highest BCUT2D eigenvalue weighted by Crippen LogP contribution is 2.33. The lowest BCUT2D eigenvalue weighted by atomic mass is 10.1. The van der Waals surface area contributed by atoms with E-state index in [4.69, 9.17) is 4.74 Å². The third-order valence-corrected chi connectivity index (χ3v) is 3.97. The van der Waals surface area contributed by atoms with Gasteiger partial charge in [0.1, 0.15) is 17.5 Å². The van der Waals surface area contributed by atoms with Crippen molar-refractivity contribution in [1.29, 1.82) is 0 Å². The molecule has 0 spiro atoms. The zero-order valence-corrected chi connectivity index (χ0v) is 12.0. The van der Waals surface area contributed by atoms with E-state index in [1.165, 1.54) is 0 Å². The van der Waals surface area contributed by atoms with Crippen LogP contribution in [0.25, 0.3) is 0 Å². The lowest BCUT2D eigenvalue weighted by molar-refractivity contribution is -0.138. The van der Waals surface area contributed by atoms with E-state index in [2.05, 4.69) is 4.98 Å². The lowest BCUT2D eigenvalue weighted by Gasteiger charge is -2.07. The van der Waals surface area contributed by atoms with Gasteiger partial charge in [0.25, 0.3) is 0 Å². The highest BCUT2D eigenvalue weighted by molar-refractivity contribution is 5.76. The van der Waals surface area contributed by atoms with Crippen molar-refractivity contribution in [3.63, 3.8) is 0 Å². The molecule has 21 heavy (non-hydrogen) atoms. The van der Waals surface area contributed by atoms with Gasteiger partial charge in [-0.2, -0.15) is 0 Å². The molecule has 2 aromatic rings. The van der Waals surface area contributed by atoms with Gasteiger partial charge in [0, 0.05) is 19.2 Å². The number of nitrogens with zero attached hydrogens (tertiary/aromatic N) is 2. The minimum absolute atomic E-state index is 0.449. The van der Waals surface area contributed by atoms with Crippen molar-refractivity contribution >= 4 is 5.97 Å². The molecule has 0 aliphatic heterocycles. The largest absolute Gasteiger partial charge is 0.493 e. The van der Waals surface area contributed by atoms with Gasteiger partial charge < -0.3 is 14.4 Å². The monoisotopic (exact) mass is 286 g/mol. The van der Waals surface area contributed by atoms with Crippen molar-refractivity contribution in [2.45, 2.75) is 25.2 Å². The summed E-state index contributed by atoms with van der Waals surface area (Å²) < 4.78 is 7.69. The topological polar surface area (TPSA) is 64.4 Å². The summed E-state index contributed by atoms with van der Waals surface area (Å²) in [6.45, 7) is 0.533. The summed E-state index contributed by atoms with van der Waals surface area (Å²) >= 11 is 0. The predicted octanol–water partition coefficient (Wildman–Crippen LogP) is 2.16. The van der Waals surface area contributed by atoms with Gasteiger partial charge in [-0.25, -0.2) is 4.98 Å². The van der Waals surface area contributed by atoms with E-state index in [9.17, 15) is 9.90 Å². The Morgan fingerprint density at radius 2 is 2.19 bits per heavy atom. The molecule has 3 rings (SSSR count). The molecule has 1 unspecified atom stereocenters. The number of rotatable bonds is 5. The first kappa shape index (κ1) is 13.7. The van der Waals surface area contributed by atoms with Crippen LogP contribution in [-0.4, -0.2) is 27.2 Å². The quantitative estimate of drug-likeness (QED) is 0.914. The summed E-state index contributed by atoms with van der Waals surface area (Å²) in [7, 11) is 1.95. The molecule has 0 saturated carbocycles. The summed E-state index contributed by atoms with van der Waals surface area (Å²) in [5.41, 5.74) is 1.79. The number of benzene rings is 1. The van der Waals surface area contributed by atoms with Crippen LogP contribution in [-0.2, 0) is 24.7 Å². The molecule has 0 radical (unpaired) electrons. The zero-order chi connectivity index (χ0) is 14.8. The average Bonchev–Trinajstić information content (AvgIpc) is 3.02. The fourth-order valence-corrected chi connectivity index (χ4v) is 2.84. The second-order valence-corrected chi connectivity index (χ2v) is 5.26. The molecule has 1 aliphatic carbocycles. The third-order valence-electron chi connectivity index (χ3n) is 3.97. The number of aromatic nitrogens is 2. The third kappa shape index (κ3) is 2.63. The number of aliphatic carboxylic acids is 1. The van der Waals surface area contributed by atoms with Gasteiger partial charge in [0.05, 0.1) is 12.3 Å². The van der Waals surface area contributed by atoms with Gasteiger partial charge in [0.2, 0.25) is 0 Å². The van der Waals surface area contributed by atoms with Gasteiger partial charge >= 0.3 is 5.97 Å². The molecular formula is C16H18N2O3. The van der Waals surface area contributed by atoms with Crippen LogP contribution < -0.4 is 4.74 Å². The number of ether oxygens (including phenoxy) is 1. The molecular weight excluding hydrogens is 268 g/mol. The van der Waals surface area contributed by atoms with Crippen LogP contribution in [0.2, 0.25) is 0 Å². The van der Waals surface area contributed by atoms with Gasteiger partial charge in [-0.05, 0) is 25.0 Å². The summed E-state index contributed by atoms with van der Waals surface area (Å²) in [5.74, 6) is 0.499. The average molecular weight is 286 g/mol. The Kier molecular flexibility index (Phi) is 3.64. The standard InChI is InChI=1S/C16H18N2O3/c1-18-13-8-7-12(16(19)20)15(13)17-14(18)9-10-21-11-5-3-2-4-6-11/h2-6,12H,7-10H2,1H3,(H,19,20). The normalized spacial score (nSPS) is 16.7. The minimum Gasteiger partial charge on any atom is -0.493 e. The molecule has 1 aromatic heterocycles. The SMILES string of the molecule is Cn1c(CCOc2ccccc2)nc2c1CCC2C(=O)O. The van der Waals surface area contributed by atoms with Gasteiger partial charge in [-0.3, -0.25) is 4.79 Å². The van der Waals surface area contributed by atoms with E-state index in [1.807, 2.05) is 41.9 Å². The molecule has 0 bridgehead atoms. The molecule has 1 N–H and O–H groups in total. The first-order valence-corrected chi connectivity index (χ1v) is 7.12. The maximum absolute atomic E-state index is 11.2. The van der Waals surface area contributed by atoms with Crippen LogP contribution in [0.4, 0.5) is 0 Å². The molecule has 1 aromatic carbocycles. The predicted molar refractivity (Wildman–Crippen MR) is 77.5 cm³/mol. The molecule has 0 fully saturated rings. The highest BCUT2D eigenvalue weighted by Gasteiger charge is 2.33. The van der Waals surface area contributed by atoms with Crippen molar-refractivity contribution < 1.29 is 14.6 Å². The summed E-state index contributed by atoms with van der Waals surface area (Å²) in [6.07, 6.45) is 2.11. The van der Waals surface area contributed by atoms with Crippen LogP contribution in [0, 0.1) is 0 Å². The van der Waals surface area contributed by atoms with E-state index in [-0.39, 0.29) is 0 Å². The maximum atomic E-state index is 11.2. The fraction of sp³-hybridized carbons (Fsp3) is 0.375. The van der Waals surface area contributed by atoms with Gasteiger partial charge in [-0.15, -0.1) is 0 Å². The van der Waals surface area contributed by atoms with E-state index < -0.39 is 11.9 Å². The molecule has 5 heteroatoms. The molecule has 110 valence electrons. The Balaban J connectivity index is 1.67. The Morgan fingerprint density at radius 1 is 1.43 bits per heavy atom. The second kappa shape index (κ2) is 5.60. The number of fused-ring (bicyclic) bond motifs is 1. The summed E-state index contributed by atoms with van der Waals surface area (Å²) in [4.78, 5) is 15.7. The summed E-state index contributed by atoms with van der Waals surface area (Å²) in [5, 5.41) is 9.21. The number of para-hydroxylation sites is 1. The van der Waals surface area contributed by atoms with Crippen molar-refractivity contribution in [2.75, 3.05) is 6.61 Å². The van der Waals surface area contributed by atoms with Crippen LogP contribution in [0.1, 0.15) is 29.6 Å². The smallest absolute Gasteiger partial charge is 0.312 e. The lowest BCUT2D eigenvalue weighted by Crippen LogP contribution is -2.10. The van der Waals surface area contributed by atoms with Crippen LogP contribution in [0.3, 0.4) is 0 Å². The van der Waals surface area contributed by atoms with Gasteiger partial charge in [-0.1, -0.05) is 18.2 Å². The molecule has 1 aliphatic rings. The van der Waals surface area contributed by atoms with Crippen molar-refractivity contribution in [2.24, 2.45) is 7.05 Å².